The van der Waals surface area contributed by atoms with Crippen LogP contribution in [0.4, 0.5) is 0 Å². The van der Waals surface area contributed by atoms with Crippen LogP contribution < -0.4 is 0 Å². The minimum Gasteiger partial charge on any atom is -0.0683 e. The molecule has 6 rings (SSSR count). The first-order valence-electron chi connectivity index (χ1n) is 12.6. The van der Waals surface area contributed by atoms with Crippen LogP contribution in [-0.2, 0) is 5.41 Å². The topological polar surface area (TPSA) is 0 Å². The van der Waals surface area contributed by atoms with E-state index in [1.54, 1.807) is 0 Å². The van der Waals surface area contributed by atoms with E-state index < -0.39 is 0 Å². The quantitative estimate of drug-likeness (QED) is 0.213. The van der Waals surface area contributed by atoms with E-state index in [4.69, 9.17) is 0 Å². The van der Waals surface area contributed by atoms with Crippen LogP contribution in [0.15, 0.2) is 84.9 Å². The molecule has 0 N–H and O–H groups in total. The molecule has 33 heavy (non-hydrogen) atoms. The molecule has 0 atom stereocenters. The third-order valence-electron chi connectivity index (χ3n) is 6.36. The Kier molecular flexibility index (Phi) is 7.59. The molecule has 1 aliphatic rings. The molecule has 0 spiro atoms. The van der Waals surface area contributed by atoms with Crippen molar-refractivity contribution in [1.82, 2.24) is 0 Å². The van der Waals surface area contributed by atoms with Gasteiger partial charge in [-0.1, -0.05) is 128 Å². The van der Waals surface area contributed by atoms with Crippen LogP contribution in [0.25, 0.3) is 43.4 Å². The molecule has 0 saturated heterocycles. The van der Waals surface area contributed by atoms with Gasteiger partial charge in [-0.15, -0.1) is 0 Å². The van der Waals surface area contributed by atoms with Gasteiger partial charge in [0.05, 0.1) is 0 Å². The van der Waals surface area contributed by atoms with Crippen LogP contribution in [0.2, 0.25) is 0 Å². The van der Waals surface area contributed by atoms with Crippen molar-refractivity contribution in [2.24, 2.45) is 0 Å². The molecule has 0 bridgehead atoms. The van der Waals surface area contributed by atoms with Crippen molar-refractivity contribution in [1.29, 1.82) is 0 Å². The van der Waals surface area contributed by atoms with Crippen molar-refractivity contribution in [2.75, 3.05) is 0 Å². The van der Waals surface area contributed by atoms with Crippen molar-refractivity contribution < 1.29 is 0 Å². The van der Waals surface area contributed by atoms with E-state index in [-0.39, 0.29) is 5.41 Å². The monoisotopic (exact) mass is 434 g/mol. The average molecular weight is 435 g/mol. The van der Waals surface area contributed by atoms with Gasteiger partial charge >= 0.3 is 0 Å². The lowest BCUT2D eigenvalue weighted by atomic mass is 9.78. The first kappa shape index (κ1) is 24.5. The largest absolute Gasteiger partial charge is 0.0683 e. The zero-order valence-corrected chi connectivity index (χ0v) is 21.6. The Morgan fingerprint density at radius 3 is 1.48 bits per heavy atom. The highest BCUT2D eigenvalue weighted by molar-refractivity contribution is 6.07. The second-order valence-corrected chi connectivity index (χ2v) is 8.24. The molecular formula is C33H38. The van der Waals surface area contributed by atoms with E-state index in [9.17, 15) is 0 Å². The number of fused-ring (bicyclic) bond motifs is 8. The van der Waals surface area contributed by atoms with Gasteiger partial charge in [-0.25, -0.2) is 0 Å². The molecule has 0 nitrogen and oxygen atoms in total. The minimum atomic E-state index is -0.0203. The Bertz CT molecular complexity index is 1390. The fraction of sp³-hybridized carbons (Fsp3) is 0.273. The van der Waals surface area contributed by atoms with Crippen LogP contribution >= 0.6 is 0 Å². The number of rotatable bonds is 0. The second kappa shape index (κ2) is 10.2. The average Bonchev–Trinajstić information content (AvgIpc) is 3.13. The molecule has 0 aliphatic heterocycles. The fourth-order valence-electron chi connectivity index (χ4n) is 5.21. The zero-order chi connectivity index (χ0) is 24.2. The van der Waals surface area contributed by atoms with E-state index in [2.05, 4.69) is 98.8 Å². The fourth-order valence-corrected chi connectivity index (χ4v) is 5.21. The molecule has 0 radical (unpaired) electrons. The summed E-state index contributed by atoms with van der Waals surface area (Å²) in [5.74, 6) is 0. The van der Waals surface area contributed by atoms with Crippen LogP contribution in [0.1, 0.15) is 66.5 Å². The molecule has 0 unspecified atom stereocenters. The smallest absolute Gasteiger partial charge is 0.0171 e. The summed E-state index contributed by atoms with van der Waals surface area (Å²) in [6.45, 7) is 16.8. The molecular weight excluding hydrogens is 396 g/mol. The number of hydrogen-bond donors (Lipinski definition) is 0. The van der Waals surface area contributed by atoms with Gasteiger partial charge in [0.2, 0.25) is 0 Å². The maximum absolute atomic E-state index is 2.39. The van der Waals surface area contributed by atoms with Crippen molar-refractivity contribution in [3.63, 3.8) is 0 Å². The summed E-state index contributed by atoms with van der Waals surface area (Å²) in [7, 11) is 0. The predicted octanol–water partition coefficient (Wildman–Crippen LogP) is 10.5. The van der Waals surface area contributed by atoms with Gasteiger partial charge < -0.3 is 0 Å². The predicted molar refractivity (Wildman–Crippen MR) is 151 cm³/mol. The van der Waals surface area contributed by atoms with Crippen LogP contribution in [-0.4, -0.2) is 0 Å². The normalized spacial score (nSPS) is 12.5. The van der Waals surface area contributed by atoms with Gasteiger partial charge in [0.15, 0.2) is 0 Å². The molecule has 1 aliphatic carbocycles. The maximum Gasteiger partial charge on any atom is 0.0171 e. The summed E-state index contributed by atoms with van der Waals surface area (Å²) in [6.07, 6.45) is 0. The lowest BCUT2D eigenvalue weighted by Crippen LogP contribution is -2.16. The third-order valence-corrected chi connectivity index (χ3v) is 6.36. The van der Waals surface area contributed by atoms with Gasteiger partial charge in [-0.05, 0) is 66.7 Å². The summed E-state index contributed by atoms with van der Waals surface area (Å²) in [5, 5.41) is 8.05. The summed E-state index contributed by atoms with van der Waals surface area (Å²) >= 11 is 0. The summed E-state index contributed by atoms with van der Waals surface area (Å²) in [6, 6.07) is 31.4. The zero-order valence-electron chi connectivity index (χ0n) is 21.6. The van der Waals surface area contributed by atoms with Crippen LogP contribution in [0.5, 0.6) is 0 Å². The SMILES string of the molecule is CC.CC.CC.CC1(C)c2c(ccc3ccccc23)-c2ccc3cc4ccccc4cc3c21. The van der Waals surface area contributed by atoms with E-state index in [1.165, 1.54) is 54.6 Å². The van der Waals surface area contributed by atoms with E-state index in [0.717, 1.165) is 0 Å². The minimum absolute atomic E-state index is 0.0203. The molecule has 0 heteroatoms. The highest BCUT2D eigenvalue weighted by Crippen LogP contribution is 2.53. The molecule has 5 aromatic carbocycles. The molecule has 0 amide bonds. The molecule has 0 fully saturated rings. The lowest BCUT2D eigenvalue weighted by molar-refractivity contribution is 0.672. The van der Waals surface area contributed by atoms with Gasteiger partial charge in [-0.2, -0.15) is 0 Å². The molecule has 170 valence electrons. The van der Waals surface area contributed by atoms with Crippen molar-refractivity contribution >= 4 is 32.3 Å². The van der Waals surface area contributed by atoms with Gasteiger partial charge in [-0.3, -0.25) is 0 Å². The first-order chi connectivity index (χ1) is 16.1. The second-order valence-electron chi connectivity index (χ2n) is 8.24. The van der Waals surface area contributed by atoms with Crippen molar-refractivity contribution in [2.45, 2.75) is 60.8 Å². The highest BCUT2D eigenvalue weighted by atomic mass is 14.4. The molecule has 0 heterocycles. The van der Waals surface area contributed by atoms with Crippen molar-refractivity contribution in [3.05, 3.63) is 96.1 Å². The highest BCUT2D eigenvalue weighted by Gasteiger charge is 2.38. The van der Waals surface area contributed by atoms with Crippen LogP contribution in [0.3, 0.4) is 0 Å². The maximum atomic E-state index is 2.39. The van der Waals surface area contributed by atoms with E-state index in [0.29, 0.717) is 0 Å². The molecule has 0 aromatic heterocycles. The molecule has 5 aromatic rings. The van der Waals surface area contributed by atoms with Crippen LogP contribution in [0, 0.1) is 0 Å². The van der Waals surface area contributed by atoms with Gasteiger partial charge in [0.25, 0.3) is 0 Å². The van der Waals surface area contributed by atoms with Gasteiger partial charge in [0.1, 0.15) is 0 Å². The van der Waals surface area contributed by atoms with E-state index in [1.807, 2.05) is 41.5 Å². The van der Waals surface area contributed by atoms with Crippen molar-refractivity contribution in [3.8, 4) is 11.1 Å². The lowest BCUT2D eigenvalue weighted by Gasteiger charge is -2.24. The number of benzene rings is 5. The van der Waals surface area contributed by atoms with E-state index >= 15 is 0 Å². The standard InChI is InChI=1S/C27H20.3C2H6/c1-27(2)25-21-10-6-5-7-17(21)11-13-22(25)23-14-12-20-15-18-8-3-4-9-19(18)16-24(20)26(23)27;3*1-2/h3-16H,1-2H3;3*1-2H3. The van der Waals surface area contributed by atoms with Gasteiger partial charge in [0, 0.05) is 5.41 Å². The molecule has 0 saturated carbocycles. The Hall–Kier alpha value is -3.12. The number of hydrogen-bond acceptors (Lipinski definition) is 0. The Labute approximate surface area is 200 Å². The summed E-state index contributed by atoms with van der Waals surface area (Å²) < 4.78 is 0. The Morgan fingerprint density at radius 1 is 0.424 bits per heavy atom. The summed E-state index contributed by atoms with van der Waals surface area (Å²) in [4.78, 5) is 0. The third kappa shape index (κ3) is 3.93. The summed E-state index contributed by atoms with van der Waals surface area (Å²) in [5.41, 5.74) is 5.70. The first-order valence-corrected chi connectivity index (χ1v) is 12.6. The Balaban J connectivity index is 0.000000475. The Morgan fingerprint density at radius 2 is 0.879 bits per heavy atom.